The highest BCUT2D eigenvalue weighted by Crippen LogP contribution is 2.28. The summed E-state index contributed by atoms with van der Waals surface area (Å²) in [7, 11) is 0. The number of hydrogen-bond acceptors (Lipinski definition) is 3. The van der Waals surface area contributed by atoms with Crippen LogP contribution in [0.5, 0.6) is 0 Å². The molecule has 1 aliphatic rings. The van der Waals surface area contributed by atoms with Crippen molar-refractivity contribution in [3.05, 3.63) is 113 Å². The van der Waals surface area contributed by atoms with Gasteiger partial charge in [0.05, 0.1) is 11.1 Å². The fraction of sp³-hybridized carbons (Fsp3) is 0.138. The van der Waals surface area contributed by atoms with Crippen molar-refractivity contribution < 1.29 is 14.2 Å². The fourth-order valence-corrected chi connectivity index (χ4v) is 4.21. The second-order valence-corrected chi connectivity index (χ2v) is 7.86. The van der Waals surface area contributed by atoms with Crippen LogP contribution < -0.4 is 9.47 Å². The van der Waals surface area contributed by atoms with Gasteiger partial charge in [-0.2, -0.15) is 4.57 Å². The van der Waals surface area contributed by atoms with Gasteiger partial charge in [0.15, 0.2) is 25.3 Å². The van der Waals surface area contributed by atoms with Gasteiger partial charge in [0.1, 0.15) is 0 Å². The number of nitrogens with zero attached hydrogens (tertiary/aromatic N) is 2. The maximum atomic E-state index is 11.1. The van der Waals surface area contributed by atoms with E-state index >= 15 is 0 Å². The highest BCUT2D eigenvalue weighted by Gasteiger charge is 2.14. The molecule has 4 nitrogen and oxygen atoms in total. The van der Waals surface area contributed by atoms with Gasteiger partial charge in [0.25, 0.3) is 0 Å². The summed E-state index contributed by atoms with van der Waals surface area (Å²) < 4.78 is 2.16. The number of benzene rings is 3. The normalized spacial score (nSPS) is 12.0. The summed E-state index contributed by atoms with van der Waals surface area (Å²) in [4.78, 5) is 24.2. The van der Waals surface area contributed by atoms with E-state index in [-0.39, 0.29) is 0 Å². The number of aldehydes is 2. The molecular formula is C29H27N2O2+. The van der Waals surface area contributed by atoms with Gasteiger partial charge in [-0.15, -0.1) is 0 Å². The monoisotopic (exact) mass is 435 g/mol. The first-order chi connectivity index (χ1) is 16.2. The Hall–Kier alpha value is -4.05. The molecule has 3 aromatic carbocycles. The van der Waals surface area contributed by atoms with E-state index in [1.54, 1.807) is 0 Å². The highest BCUT2D eigenvalue weighted by atomic mass is 16.1. The maximum Gasteiger partial charge on any atom is 0.213 e. The van der Waals surface area contributed by atoms with Crippen molar-refractivity contribution >= 4 is 35.2 Å². The molecule has 0 atom stereocenters. The van der Waals surface area contributed by atoms with Crippen molar-refractivity contribution in [2.45, 2.75) is 13.5 Å². The molecule has 0 saturated heterocycles. The summed E-state index contributed by atoms with van der Waals surface area (Å²) in [5.74, 6) is 0. The summed E-state index contributed by atoms with van der Waals surface area (Å²) in [5, 5.41) is 0.996. The third-order valence-corrected chi connectivity index (χ3v) is 5.82. The van der Waals surface area contributed by atoms with Crippen LogP contribution in [0.4, 0.5) is 5.69 Å². The molecule has 0 bridgehead atoms. The van der Waals surface area contributed by atoms with Gasteiger partial charge in [-0.3, -0.25) is 9.59 Å². The largest absolute Gasteiger partial charge is 0.367 e. The van der Waals surface area contributed by atoms with Crippen LogP contribution in [0, 0.1) is 0 Å². The van der Waals surface area contributed by atoms with Crippen molar-refractivity contribution in [3.8, 4) is 0 Å². The number of anilines is 1. The lowest BCUT2D eigenvalue weighted by atomic mass is 10.0. The molecule has 33 heavy (non-hydrogen) atoms. The van der Waals surface area contributed by atoms with Crippen LogP contribution in [0.2, 0.25) is 0 Å². The van der Waals surface area contributed by atoms with Crippen LogP contribution in [0.3, 0.4) is 0 Å². The molecule has 0 unspecified atom stereocenters. The summed E-state index contributed by atoms with van der Waals surface area (Å²) in [6, 6.07) is 25.9. The van der Waals surface area contributed by atoms with Crippen molar-refractivity contribution in [1.29, 1.82) is 0 Å². The van der Waals surface area contributed by atoms with Crippen LogP contribution in [0.15, 0.2) is 91.1 Å². The van der Waals surface area contributed by atoms with Crippen molar-refractivity contribution in [1.82, 2.24) is 0 Å². The van der Waals surface area contributed by atoms with Gasteiger partial charge in [0.2, 0.25) is 5.52 Å². The first-order valence-electron chi connectivity index (χ1n) is 11.1. The van der Waals surface area contributed by atoms with E-state index in [2.05, 4.69) is 40.7 Å². The van der Waals surface area contributed by atoms with E-state index < -0.39 is 0 Å². The second kappa shape index (κ2) is 10.5. The van der Waals surface area contributed by atoms with Crippen LogP contribution in [0.25, 0.3) is 17.0 Å². The predicted octanol–water partition coefficient (Wildman–Crippen LogP) is 5.34. The zero-order chi connectivity index (χ0) is 23.0. The smallest absolute Gasteiger partial charge is 0.213 e. The molecular weight excluding hydrogens is 408 g/mol. The molecule has 4 aromatic rings. The number of rotatable bonds is 5. The SMILES string of the molecule is CCN1CC=Cc2cccc(C=O)c21.O=Cc1cccc2c1ccc[n+]2Cc1ccccc1. The average Bonchev–Trinajstić information content (AvgIpc) is 2.88. The number of carbonyl (C=O) groups excluding carboxylic acids is 2. The molecule has 0 spiro atoms. The van der Waals surface area contributed by atoms with E-state index in [0.29, 0.717) is 0 Å². The van der Waals surface area contributed by atoms with E-state index in [4.69, 9.17) is 0 Å². The Morgan fingerprint density at radius 1 is 0.848 bits per heavy atom. The third-order valence-electron chi connectivity index (χ3n) is 5.82. The number of aromatic nitrogens is 1. The second-order valence-electron chi connectivity index (χ2n) is 7.86. The Morgan fingerprint density at radius 2 is 1.61 bits per heavy atom. The molecule has 2 heterocycles. The zero-order valence-electron chi connectivity index (χ0n) is 18.7. The van der Waals surface area contributed by atoms with Gasteiger partial charge >= 0.3 is 0 Å². The first-order valence-corrected chi connectivity index (χ1v) is 11.1. The number of pyridine rings is 1. The van der Waals surface area contributed by atoms with Gasteiger partial charge in [0, 0.05) is 41.9 Å². The molecule has 0 radical (unpaired) electrons. The predicted molar refractivity (Wildman–Crippen MR) is 134 cm³/mol. The molecule has 1 aromatic heterocycles. The summed E-state index contributed by atoms with van der Waals surface area (Å²) in [5.41, 5.74) is 6.07. The standard InChI is InChI=1S/C17H14NO.C12H13NO/c19-13-15-8-4-10-17-16(15)9-5-11-18(17)12-14-6-2-1-3-7-14;1-2-13-8-4-7-10-5-3-6-11(9-14)12(10)13/h1-11,13H,12H2;3-7,9H,2,8H2,1H3/q+1;. The minimum absolute atomic E-state index is 0.736. The minimum atomic E-state index is 0.736. The molecule has 0 aliphatic carbocycles. The number of para-hydroxylation sites is 1. The summed E-state index contributed by atoms with van der Waals surface area (Å²) >= 11 is 0. The Balaban J connectivity index is 0.000000165. The van der Waals surface area contributed by atoms with Crippen LogP contribution in [0.1, 0.15) is 38.8 Å². The van der Waals surface area contributed by atoms with E-state index in [1.165, 1.54) is 5.56 Å². The van der Waals surface area contributed by atoms with Gasteiger partial charge < -0.3 is 4.90 Å². The number of fused-ring (bicyclic) bond motifs is 2. The number of hydrogen-bond donors (Lipinski definition) is 0. The molecule has 5 rings (SSSR count). The summed E-state index contributed by atoms with van der Waals surface area (Å²) in [6.45, 7) is 4.74. The van der Waals surface area contributed by atoms with Crippen LogP contribution in [-0.4, -0.2) is 25.7 Å². The summed E-state index contributed by atoms with van der Waals surface area (Å²) in [6.07, 6.45) is 8.09. The third kappa shape index (κ3) is 4.90. The lowest BCUT2D eigenvalue weighted by Crippen LogP contribution is -2.34. The molecule has 0 saturated carbocycles. The quantitative estimate of drug-likeness (QED) is 0.314. The molecule has 164 valence electrons. The van der Waals surface area contributed by atoms with Crippen LogP contribution >= 0.6 is 0 Å². The van der Waals surface area contributed by atoms with Crippen molar-refractivity contribution in [3.63, 3.8) is 0 Å². The van der Waals surface area contributed by atoms with E-state index in [1.807, 2.05) is 72.9 Å². The molecule has 0 fully saturated rings. The molecule has 0 N–H and O–H groups in total. The van der Waals surface area contributed by atoms with E-state index in [9.17, 15) is 9.59 Å². The molecule has 4 heteroatoms. The Morgan fingerprint density at radius 3 is 2.36 bits per heavy atom. The Bertz CT molecular complexity index is 1300. The topological polar surface area (TPSA) is 41.3 Å². The Labute approximate surface area is 194 Å². The average molecular weight is 436 g/mol. The van der Waals surface area contributed by atoms with Gasteiger partial charge in [-0.1, -0.05) is 66.7 Å². The lowest BCUT2D eigenvalue weighted by molar-refractivity contribution is -0.662. The lowest BCUT2D eigenvalue weighted by Gasteiger charge is -2.27. The van der Waals surface area contributed by atoms with Gasteiger partial charge in [-0.05, 0) is 24.6 Å². The van der Waals surface area contributed by atoms with Crippen molar-refractivity contribution in [2.75, 3.05) is 18.0 Å². The van der Waals surface area contributed by atoms with Crippen molar-refractivity contribution in [2.24, 2.45) is 0 Å². The Kier molecular flexibility index (Phi) is 7.06. The number of likely N-dealkylation sites (N-methyl/N-ethyl adjacent to an activating group) is 1. The first kappa shape index (κ1) is 22.2. The minimum Gasteiger partial charge on any atom is -0.367 e. The van der Waals surface area contributed by atoms with E-state index in [0.717, 1.165) is 65.5 Å². The molecule has 0 amide bonds. The fourth-order valence-electron chi connectivity index (χ4n) is 4.21. The van der Waals surface area contributed by atoms with Gasteiger partial charge in [-0.25, -0.2) is 0 Å². The highest BCUT2D eigenvalue weighted by molar-refractivity contribution is 5.95. The zero-order valence-corrected chi connectivity index (χ0v) is 18.7. The maximum absolute atomic E-state index is 11.1. The number of carbonyl (C=O) groups is 2. The van der Waals surface area contributed by atoms with Crippen LogP contribution in [-0.2, 0) is 6.54 Å². The molecule has 1 aliphatic heterocycles.